The van der Waals surface area contributed by atoms with Crippen molar-refractivity contribution in [2.75, 3.05) is 24.9 Å². The molecular formula is C46H32Cl4N2O8S. The van der Waals surface area contributed by atoms with Crippen LogP contribution in [0.25, 0.3) is 34.4 Å². The molecule has 4 N–H and O–H groups in total. The van der Waals surface area contributed by atoms with Crippen LogP contribution in [0.1, 0.15) is 31.8 Å². The zero-order valence-electron chi connectivity index (χ0n) is 32.0. The van der Waals surface area contributed by atoms with Gasteiger partial charge in [-0.25, -0.2) is 9.59 Å². The third-order valence-corrected chi connectivity index (χ3v) is 12.1. The summed E-state index contributed by atoms with van der Waals surface area (Å²) in [5, 5.41) is 24.4. The highest BCUT2D eigenvalue weighted by molar-refractivity contribution is 7.99. The minimum Gasteiger partial charge on any atom is -0.496 e. The fourth-order valence-electron chi connectivity index (χ4n) is 6.08. The highest BCUT2D eigenvalue weighted by atomic mass is 35.5. The summed E-state index contributed by atoms with van der Waals surface area (Å²) >= 11 is 29.3. The topological polar surface area (TPSA) is 151 Å². The van der Waals surface area contributed by atoms with E-state index in [2.05, 4.69) is 10.6 Å². The molecule has 0 saturated heterocycles. The summed E-state index contributed by atoms with van der Waals surface area (Å²) in [7, 11) is 3.06. The number of nitrogens with one attached hydrogen (secondary N) is 2. The van der Waals surface area contributed by atoms with Crippen LogP contribution in [0.3, 0.4) is 0 Å². The van der Waals surface area contributed by atoms with E-state index in [0.29, 0.717) is 66.0 Å². The summed E-state index contributed by atoms with van der Waals surface area (Å²) in [5.41, 5.74) is 4.17. The maximum atomic E-state index is 13.1. The third-order valence-electron chi connectivity index (χ3n) is 9.04. The molecule has 0 atom stereocenters. The molecule has 0 aliphatic carbocycles. The second-order valence-electron chi connectivity index (χ2n) is 12.8. The zero-order valence-corrected chi connectivity index (χ0v) is 35.8. The first-order chi connectivity index (χ1) is 29.3. The lowest BCUT2D eigenvalue weighted by molar-refractivity contribution is -0.112. The quantitative estimate of drug-likeness (QED) is 0.0783. The molecular weight excluding hydrogens is 882 g/mol. The second-order valence-corrected chi connectivity index (χ2v) is 15.4. The molecule has 0 saturated carbocycles. The van der Waals surface area contributed by atoms with E-state index in [0.717, 1.165) is 0 Å². The summed E-state index contributed by atoms with van der Waals surface area (Å²) in [6.45, 7) is 0. The van der Waals surface area contributed by atoms with E-state index in [1.807, 2.05) is 36.4 Å². The van der Waals surface area contributed by atoms with Gasteiger partial charge >= 0.3 is 11.9 Å². The van der Waals surface area contributed by atoms with E-state index in [-0.39, 0.29) is 31.2 Å². The normalized spacial score (nSPS) is 11.1. The molecule has 308 valence electrons. The monoisotopic (exact) mass is 912 g/mol. The van der Waals surface area contributed by atoms with E-state index < -0.39 is 23.8 Å². The number of para-hydroxylation sites is 2. The van der Waals surface area contributed by atoms with Crippen LogP contribution in [0.2, 0.25) is 20.1 Å². The van der Waals surface area contributed by atoms with Gasteiger partial charge < -0.3 is 30.3 Å². The van der Waals surface area contributed by atoms with Crippen LogP contribution in [-0.4, -0.2) is 48.2 Å². The van der Waals surface area contributed by atoms with E-state index in [1.165, 1.54) is 98.8 Å². The van der Waals surface area contributed by atoms with Gasteiger partial charge in [-0.3, -0.25) is 9.59 Å². The summed E-state index contributed by atoms with van der Waals surface area (Å²) in [4.78, 5) is 49.6. The minimum atomic E-state index is -1.09. The molecule has 0 unspecified atom stereocenters. The molecule has 0 spiro atoms. The Hall–Kier alpha value is -6.21. The summed E-state index contributed by atoms with van der Waals surface area (Å²) in [5.74, 6) is -2.15. The van der Waals surface area contributed by atoms with Gasteiger partial charge in [-0.2, -0.15) is 0 Å². The molecule has 6 rings (SSSR count). The third kappa shape index (κ3) is 10.4. The molecule has 0 radical (unpaired) electrons. The Kier molecular flexibility index (Phi) is 14.5. The number of hydrogen-bond donors (Lipinski definition) is 4. The van der Waals surface area contributed by atoms with Gasteiger partial charge in [0.2, 0.25) is 11.8 Å². The van der Waals surface area contributed by atoms with E-state index >= 15 is 0 Å². The molecule has 10 nitrogen and oxygen atoms in total. The predicted octanol–water partition coefficient (Wildman–Crippen LogP) is 12.5. The lowest BCUT2D eigenvalue weighted by Gasteiger charge is -2.19. The number of carboxylic acids is 2. The maximum Gasteiger partial charge on any atom is 0.335 e. The average molecular weight is 915 g/mol. The molecule has 6 aromatic carbocycles. The Labute approximate surface area is 374 Å². The van der Waals surface area contributed by atoms with Crippen LogP contribution in [0, 0.1) is 0 Å². The van der Waals surface area contributed by atoms with Crippen molar-refractivity contribution >= 4 is 105 Å². The average Bonchev–Trinajstić information content (AvgIpc) is 3.26. The highest BCUT2D eigenvalue weighted by Crippen LogP contribution is 2.50. The van der Waals surface area contributed by atoms with Gasteiger partial charge in [-0.1, -0.05) is 94.6 Å². The Bertz CT molecular complexity index is 2550. The fourth-order valence-corrected chi connectivity index (χ4v) is 8.25. The van der Waals surface area contributed by atoms with Crippen LogP contribution in [0.5, 0.6) is 11.5 Å². The van der Waals surface area contributed by atoms with E-state index in [9.17, 15) is 29.4 Å². The van der Waals surface area contributed by atoms with Crippen molar-refractivity contribution in [3.8, 4) is 33.8 Å². The first-order valence-electron chi connectivity index (χ1n) is 17.9. The molecule has 0 aromatic heterocycles. The standard InChI is InChI=1S/C46H32Cl4N2O8S/c1-59-35-9-5-3-7-29(35)33-23-37(43(49)41(47)31(33)19-21-39(53)51-27-15-11-25(12-16-27)45(55)56)61-38-24-34(30-8-4-6-10-36(30)60-2)32(42(48)44(38)50)20-22-40(54)52-28-17-13-26(14-18-28)46(57)58/h3-24H,1-2H3,(H,51,53)(H,52,54)(H,55,56)(H,57,58). The summed E-state index contributed by atoms with van der Waals surface area (Å²) < 4.78 is 11.4. The summed E-state index contributed by atoms with van der Waals surface area (Å²) in [6.07, 6.45) is 5.62. The first kappa shape index (κ1) is 44.3. The summed E-state index contributed by atoms with van der Waals surface area (Å²) in [6, 6.07) is 29.5. The Morgan fingerprint density at radius 2 is 0.885 bits per heavy atom. The number of aromatic carboxylic acids is 2. The lowest BCUT2D eigenvalue weighted by atomic mass is 9.98. The van der Waals surface area contributed by atoms with Gasteiger partial charge in [-0.05, 0) is 96.1 Å². The fraction of sp³-hybridized carbons (Fsp3) is 0.0435. The molecule has 0 aliphatic rings. The lowest BCUT2D eigenvalue weighted by Crippen LogP contribution is -2.08. The molecule has 61 heavy (non-hydrogen) atoms. The van der Waals surface area contributed by atoms with Gasteiger partial charge in [0.1, 0.15) is 11.5 Å². The number of rotatable bonds is 14. The number of carboxylic acid groups (broad SMARTS) is 2. The van der Waals surface area contributed by atoms with Crippen molar-refractivity contribution in [3.63, 3.8) is 0 Å². The molecule has 0 bridgehead atoms. The largest absolute Gasteiger partial charge is 0.496 e. The molecule has 0 aliphatic heterocycles. The molecule has 2 amide bonds. The van der Waals surface area contributed by atoms with Gasteiger partial charge in [0.25, 0.3) is 0 Å². The number of benzene rings is 6. The molecule has 6 aromatic rings. The zero-order chi connectivity index (χ0) is 43.8. The van der Waals surface area contributed by atoms with Gasteiger partial charge in [0, 0.05) is 55.6 Å². The van der Waals surface area contributed by atoms with Crippen molar-refractivity contribution in [3.05, 3.63) is 164 Å². The van der Waals surface area contributed by atoms with Crippen LogP contribution >= 0.6 is 58.2 Å². The Morgan fingerprint density at radius 1 is 0.525 bits per heavy atom. The molecule has 15 heteroatoms. The van der Waals surface area contributed by atoms with Gasteiger partial charge in [0.15, 0.2) is 0 Å². The van der Waals surface area contributed by atoms with E-state index in [1.54, 1.807) is 24.3 Å². The SMILES string of the molecule is COc1ccccc1-c1cc(Sc2cc(-c3ccccc3OC)c(C=CC(=O)Nc3ccc(C(=O)O)cc3)c(Cl)c2Cl)c(Cl)c(Cl)c1C=CC(=O)Nc1ccc(C(=O)O)cc1. The van der Waals surface area contributed by atoms with Crippen LogP contribution in [0.15, 0.2) is 131 Å². The van der Waals surface area contributed by atoms with Crippen LogP contribution in [-0.2, 0) is 9.59 Å². The van der Waals surface area contributed by atoms with Crippen molar-refractivity contribution in [2.24, 2.45) is 0 Å². The minimum absolute atomic E-state index is 0.0755. The number of ether oxygens (including phenoxy) is 2. The number of amides is 2. The number of hydrogen-bond acceptors (Lipinski definition) is 7. The predicted molar refractivity (Wildman–Crippen MR) is 243 cm³/mol. The van der Waals surface area contributed by atoms with Crippen LogP contribution < -0.4 is 20.1 Å². The number of carbonyl (C=O) groups is 4. The van der Waals surface area contributed by atoms with Crippen molar-refractivity contribution in [1.82, 2.24) is 0 Å². The second kappa shape index (κ2) is 19.9. The first-order valence-corrected chi connectivity index (χ1v) is 20.3. The Balaban J connectivity index is 1.41. The smallest absolute Gasteiger partial charge is 0.335 e. The number of anilines is 2. The van der Waals surface area contributed by atoms with Crippen LogP contribution in [0.4, 0.5) is 11.4 Å². The van der Waals surface area contributed by atoms with Gasteiger partial charge in [0.05, 0.1) is 45.4 Å². The Morgan fingerprint density at radius 3 is 1.23 bits per heavy atom. The number of methoxy groups -OCH3 is 2. The number of carbonyl (C=O) groups excluding carboxylic acids is 2. The molecule has 0 fully saturated rings. The van der Waals surface area contributed by atoms with Gasteiger partial charge in [-0.15, -0.1) is 0 Å². The van der Waals surface area contributed by atoms with E-state index in [4.69, 9.17) is 55.9 Å². The van der Waals surface area contributed by atoms with Crippen molar-refractivity contribution in [1.29, 1.82) is 0 Å². The maximum absolute atomic E-state index is 13.1. The highest BCUT2D eigenvalue weighted by Gasteiger charge is 2.23. The van der Waals surface area contributed by atoms with Crippen molar-refractivity contribution < 1.29 is 38.9 Å². The number of halogens is 4. The van der Waals surface area contributed by atoms with Crippen molar-refractivity contribution in [2.45, 2.75) is 9.79 Å². The molecule has 0 heterocycles.